The largest absolute Gasteiger partial charge is 0.370 e. The fourth-order valence-electron chi connectivity index (χ4n) is 3.28. The van der Waals surface area contributed by atoms with Gasteiger partial charge in [-0.25, -0.2) is 4.98 Å². The van der Waals surface area contributed by atoms with Crippen molar-refractivity contribution < 1.29 is 0 Å². The summed E-state index contributed by atoms with van der Waals surface area (Å²) in [5, 5.41) is 3.49. The maximum absolute atomic E-state index is 4.38. The van der Waals surface area contributed by atoms with Crippen LogP contribution in [0.3, 0.4) is 0 Å². The first-order chi connectivity index (χ1) is 9.42. The fraction of sp³-hybridized carbons (Fsp3) is 0.429. The number of nitrogens with one attached hydrogen (secondary N) is 1. The van der Waals surface area contributed by atoms with Crippen molar-refractivity contribution in [2.75, 3.05) is 31.1 Å². The minimum atomic E-state index is 0.802. The van der Waals surface area contributed by atoms with Crippen molar-refractivity contribution in [3.05, 3.63) is 29.8 Å². The molecule has 3 heterocycles. The van der Waals surface area contributed by atoms with E-state index in [0.29, 0.717) is 0 Å². The monoisotopic (exact) mass is 272 g/mol. The zero-order valence-corrected chi connectivity index (χ0v) is 11.4. The molecule has 2 aliphatic heterocycles. The number of nitrogens with zero attached hydrogens (tertiary/aromatic N) is 3. The number of hydrogen-bond acceptors (Lipinski definition) is 5. The van der Waals surface area contributed by atoms with E-state index >= 15 is 0 Å². The summed E-state index contributed by atoms with van der Waals surface area (Å²) in [7, 11) is 0. The van der Waals surface area contributed by atoms with E-state index < -0.39 is 0 Å². The second kappa shape index (κ2) is 4.58. The predicted molar refractivity (Wildman–Crippen MR) is 77.4 cm³/mol. The van der Waals surface area contributed by atoms with E-state index in [0.717, 1.165) is 49.4 Å². The first-order valence-electron chi connectivity index (χ1n) is 6.73. The van der Waals surface area contributed by atoms with Crippen molar-refractivity contribution >= 4 is 17.2 Å². The second-order valence-electron chi connectivity index (χ2n) is 5.36. The molecule has 0 saturated carbocycles. The second-order valence-corrected chi connectivity index (χ2v) is 5.96. The summed E-state index contributed by atoms with van der Waals surface area (Å²) in [6.07, 6.45) is 0. The van der Waals surface area contributed by atoms with Crippen LogP contribution in [0, 0.1) is 11.8 Å². The van der Waals surface area contributed by atoms with Crippen molar-refractivity contribution in [3.8, 4) is 11.4 Å². The Morgan fingerprint density at radius 3 is 2.68 bits per heavy atom. The lowest BCUT2D eigenvalue weighted by molar-refractivity contribution is 0.533. The average molecular weight is 272 g/mol. The molecule has 2 aliphatic rings. The van der Waals surface area contributed by atoms with Gasteiger partial charge in [0.1, 0.15) is 5.51 Å². The first-order valence-corrected chi connectivity index (χ1v) is 7.57. The molecule has 98 valence electrons. The minimum Gasteiger partial charge on any atom is -0.370 e. The molecule has 1 N–H and O–H groups in total. The van der Waals surface area contributed by atoms with Crippen molar-refractivity contribution in [1.82, 2.24) is 14.7 Å². The third-order valence-corrected chi connectivity index (χ3v) is 4.71. The van der Waals surface area contributed by atoms with Crippen LogP contribution in [-0.4, -0.2) is 35.5 Å². The van der Waals surface area contributed by atoms with Crippen molar-refractivity contribution in [1.29, 1.82) is 0 Å². The van der Waals surface area contributed by atoms with Crippen LogP contribution < -0.4 is 10.2 Å². The summed E-state index contributed by atoms with van der Waals surface area (Å²) in [6, 6.07) is 8.50. The van der Waals surface area contributed by atoms with Crippen LogP contribution in [0.15, 0.2) is 29.8 Å². The Labute approximate surface area is 116 Å². The number of anilines is 1. The van der Waals surface area contributed by atoms with Crippen LogP contribution in [0.1, 0.15) is 0 Å². The van der Waals surface area contributed by atoms with Crippen LogP contribution in [0.2, 0.25) is 0 Å². The highest BCUT2D eigenvalue weighted by atomic mass is 32.1. The van der Waals surface area contributed by atoms with Gasteiger partial charge in [0.05, 0.1) is 0 Å². The third kappa shape index (κ3) is 1.93. The topological polar surface area (TPSA) is 41.0 Å². The summed E-state index contributed by atoms with van der Waals surface area (Å²) in [5.41, 5.74) is 4.25. The molecule has 2 saturated heterocycles. The van der Waals surface area contributed by atoms with E-state index in [9.17, 15) is 0 Å². The number of rotatable bonds is 2. The summed E-state index contributed by atoms with van der Waals surface area (Å²) < 4.78 is 4.38. The molecule has 0 amide bonds. The molecule has 19 heavy (non-hydrogen) atoms. The Hall–Kier alpha value is -1.46. The van der Waals surface area contributed by atoms with Gasteiger partial charge in [-0.15, -0.1) is 0 Å². The standard InChI is InChI=1S/C14H16N4S/c1-2-4-13(12(3-1)14-16-9-19-17-14)18-7-10-5-15-6-11(10)8-18/h1-4,9-11,15H,5-8H2. The molecule has 2 fully saturated rings. The molecule has 0 radical (unpaired) electrons. The molecule has 2 atom stereocenters. The van der Waals surface area contributed by atoms with Gasteiger partial charge < -0.3 is 10.2 Å². The third-order valence-electron chi connectivity index (χ3n) is 4.24. The first kappa shape index (κ1) is 11.4. The van der Waals surface area contributed by atoms with E-state index in [1.54, 1.807) is 5.51 Å². The quantitative estimate of drug-likeness (QED) is 0.906. The molecule has 0 spiro atoms. The van der Waals surface area contributed by atoms with E-state index in [2.05, 4.69) is 43.8 Å². The molecule has 5 heteroatoms. The van der Waals surface area contributed by atoms with Gasteiger partial charge in [0.15, 0.2) is 5.82 Å². The Morgan fingerprint density at radius 2 is 1.95 bits per heavy atom. The molecular weight excluding hydrogens is 256 g/mol. The van der Waals surface area contributed by atoms with Gasteiger partial charge in [0.2, 0.25) is 0 Å². The molecule has 2 aromatic rings. The van der Waals surface area contributed by atoms with E-state index in [4.69, 9.17) is 0 Å². The predicted octanol–water partition coefficient (Wildman–Crippen LogP) is 1.86. The molecule has 4 nitrogen and oxygen atoms in total. The highest BCUT2D eigenvalue weighted by molar-refractivity contribution is 7.03. The molecule has 0 bridgehead atoms. The smallest absolute Gasteiger partial charge is 0.174 e. The Kier molecular flexibility index (Phi) is 2.74. The number of para-hydroxylation sites is 1. The van der Waals surface area contributed by atoms with Crippen LogP contribution in [0.4, 0.5) is 5.69 Å². The Balaban J connectivity index is 1.68. The molecule has 1 aromatic carbocycles. The van der Waals surface area contributed by atoms with E-state index in [1.807, 2.05) is 0 Å². The molecular formula is C14H16N4S. The maximum Gasteiger partial charge on any atom is 0.174 e. The Morgan fingerprint density at radius 1 is 1.16 bits per heavy atom. The summed E-state index contributed by atoms with van der Waals surface area (Å²) in [5.74, 6) is 2.46. The maximum atomic E-state index is 4.38. The molecule has 0 aliphatic carbocycles. The zero-order chi connectivity index (χ0) is 12.7. The van der Waals surface area contributed by atoms with Gasteiger partial charge in [-0.2, -0.15) is 4.37 Å². The lowest BCUT2D eigenvalue weighted by atomic mass is 10.0. The minimum absolute atomic E-state index is 0.802. The number of hydrogen-bond donors (Lipinski definition) is 1. The van der Waals surface area contributed by atoms with Gasteiger partial charge in [0.25, 0.3) is 0 Å². The van der Waals surface area contributed by atoms with Gasteiger partial charge in [-0.1, -0.05) is 12.1 Å². The lowest BCUT2D eigenvalue weighted by Crippen LogP contribution is -2.25. The van der Waals surface area contributed by atoms with Crippen LogP contribution in [-0.2, 0) is 0 Å². The highest BCUT2D eigenvalue weighted by Crippen LogP contribution is 2.35. The zero-order valence-electron chi connectivity index (χ0n) is 10.6. The van der Waals surface area contributed by atoms with Crippen molar-refractivity contribution in [3.63, 3.8) is 0 Å². The number of aromatic nitrogens is 2. The summed E-state index contributed by atoms with van der Waals surface area (Å²) in [6.45, 7) is 4.63. The lowest BCUT2D eigenvalue weighted by Gasteiger charge is -2.22. The van der Waals surface area contributed by atoms with Gasteiger partial charge >= 0.3 is 0 Å². The average Bonchev–Trinajstić information content (AvgIpc) is 3.15. The van der Waals surface area contributed by atoms with Crippen molar-refractivity contribution in [2.45, 2.75) is 0 Å². The summed E-state index contributed by atoms with van der Waals surface area (Å²) >= 11 is 1.41. The molecule has 4 rings (SSSR count). The van der Waals surface area contributed by atoms with E-state index in [-0.39, 0.29) is 0 Å². The van der Waals surface area contributed by atoms with Gasteiger partial charge in [-0.05, 0) is 35.5 Å². The van der Waals surface area contributed by atoms with Crippen LogP contribution in [0.25, 0.3) is 11.4 Å². The Bertz CT molecular complexity index is 557. The van der Waals surface area contributed by atoms with Gasteiger partial charge in [-0.3, -0.25) is 0 Å². The SMILES string of the molecule is c1ccc(N2CC3CNCC3C2)c(-c2ncsn2)c1. The van der Waals surface area contributed by atoms with Crippen molar-refractivity contribution in [2.24, 2.45) is 11.8 Å². The molecule has 2 unspecified atom stereocenters. The summed E-state index contributed by atoms with van der Waals surface area (Å²) in [4.78, 5) is 6.87. The van der Waals surface area contributed by atoms with Crippen LogP contribution in [0.5, 0.6) is 0 Å². The fourth-order valence-corrected chi connectivity index (χ4v) is 3.72. The number of fused-ring (bicyclic) bond motifs is 1. The highest BCUT2D eigenvalue weighted by Gasteiger charge is 2.36. The van der Waals surface area contributed by atoms with Gasteiger partial charge in [0, 0.05) is 37.4 Å². The number of benzene rings is 1. The normalized spacial score (nSPS) is 25.8. The van der Waals surface area contributed by atoms with Crippen LogP contribution >= 0.6 is 11.5 Å². The molecule has 1 aromatic heterocycles. The van der Waals surface area contributed by atoms with E-state index in [1.165, 1.54) is 17.2 Å².